The number of benzene rings is 1. The minimum atomic E-state index is -0.0356. The molecule has 1 aromatic heterocycles. The summed E-state index contributed by atoms with van der Waals surface area (Å²) in [5.74, 6) is -0.0356. The Morgan fingerprint density at radius 2 is 2.00 bits per heavy atom. The van der Waals surface area contributed by atoms with Crippen LogP contribution in [0.3, 0.4) is 0 Å². The van der Waals surface area contributed by atoms with Crippen LogP contribution in [0.2, 0.25) is 0 Å². The van der Waals surface area contributed by atoms with Gasteiger partial charge >= 0.3 is 0 Å². The first-order valence-corrected chi connectivity index (χ1v) is 7.26. The molecular weight excluding hydrogens is 318 g/mol. The second-order valence-corrected chi connectivity index (χ2v) is 5.60. The van der Waals surface area contributed by atoms with Crippen LogP contribution < -0.4 is 10.6 Å². The molecule has 0 aliphatic rings. The minimum Gasteiger partial charge on any atom is -0.345 e. The molecule has 1 unspecified atom stereocenters. The van der Waals surface area contributed by atoms with Gasteiger partial charge in [-0.3, -0.25) is 4.79 Å². The first-order chi connectivity index (χ1) is 9.58. The number of rotatable bonds is 5. The summed E-state index contributed by atoms with van der Waals surface area (Å²) >= 11 is 3.37. The molecule has 106 valence electrons. The first-order valence-electron chi connectivity index (χ1n) is 6.47. The van der Waals surface area contributed by atoms with Gasteiger partial charge in [0.2, 0.25) is 5.91 Å². The average Bonchev–Trinajstić information content (AvgIpc) is 2.89. The fraction of sp³-hybridized carbons (Fsp3) is 0.267. The number of amides is 1. The fourth-order valence-corrected chi connectivity index (χ4v) is 2.14. The molecule has 2 rings (SSSR count). The van der Waals surface area contributed by atoms with E-state index >= 15 is 0 Å². The second kappa shape index (κ2) is 6.72. The molecule has 0 saturated carbocycles. The number of carbonyl (C=O) groups excluding carboxylic acids is 1. The van der Waals surface area contributed by atoms with Crippen molar-refractivity contribution in [2.24, 2.45) is 0 Å². The van der Waals surface area contributed by atoms with Crippen LogP contribution in [0.5, 0.6) is 0 Å². The zero-order chi connectivity index (χ0) is 14.5. The topological polar surface area (TPSA) is 46.1 Å². The lowest BCUT2D eigenvalue weighted by molar-refractivity contribution is -0.116. The molecule has 20 heavy (non-hydrogen) atoms. The van der Waals surface area contributed by atoms with Gasteiger partial charge < -0.3 is 15.2 Å². The number of hydrogen-bond donors (Lipinski definition) is 2. The zero-order valence-electron chi connectivity index (χ0n) is 11.6. The molecule has 1 atom stereocenters. The summed E-state index contributed by atoms with van der Waals surface area (Å²) in [4.78, 5) is 12.0. The van der Waals surface area contributed by atoms with Gasteiger partial charge in [-0.2, -0.15) is 0 Å². The Balaban J connectivity index is 1.94. The molecule has 1 aromatic carbocycles. The van der Waals surface area contributed by atoms with E-state index in [1.165, 1.54) is 5.56 Å². The van der Waals surface area contributed by atoms with Crippen molar-refractivity contribution in [3.8, 4) is 0 Å². The average molecular weight is 336 g/mol. The quantitative estimate of drug-likeness (QED) is 0.881. The van der Waals surface area contributed by atoms with Crippen molar-refractivity contribution >= 4 is 27.5 Å². The van der Waals surface area contributed by atoms with Crippen molar-refractivity contribution in [3.05, 3.63) is 52.8 Å². The van der Waals surface area contributed by atoms with Crippen LogP contribution in [0.15, 0.2) is 47.2 Å². The maximum Gasteiger partial charge on any atom is 0.244 e. The molecule has 0 radical (unpaired) electrons. The summed E-state index contributed by atoms with van der Waals surface area (Å²) in [6.45, 7) is 2.40. The van der Waals surface area contributed by atoms with Gasteiger partial charge in [0.15, 0.2) is 0 Å². The van der Waals surface area contributed by atoms with E-state index in [1.54, 1.807) is 0 Å². The highest BCUT2D eigenvalue weighted by Crippen LogP contribution is 2.15. The molecule has 0 saturated heterocycles. The molecule has 4 nitrogen and oxygen atoms in total. The summed E-state index contributed by atoms with van der Waals surface area (Å²) < 4.78 is 2.88. The van der Waals surface area contributed by atoms with Gasteiger partial charge in [0.05, 0.1) is 0 Å². The van der Waals surface area contributed by atoms with E-state index in [4.69, 9.17) is 0 Å². The van der Waals surface area contributed by atoms with Gasteiger partial charge in [-0.1, -0.05) is 15.9 Å². The van der Waals surface area contributed by atoms with Crippen LogP contribution in [-0.4, -0.2) is 17.5 Å². The number of nitrogens with one attached hydrogen (secondary N) is 2. The predicted molar refractivity (Wildman–Crippen MR) is 84.7 cm³/mol. The SMILES string of the molecule is CNC(C)c1ccn(CC(=O)Nc2ccc(Br)cc2)c1. The molecule has 0 bridgehead atoms. The Hall–Kier alpha value is -1.59. The van der Waals surface area contributed by atoms with Crippen molar-refractivity contribution in [2.75, 3.05) is 12.4 Å². The molecule has 0 aliphatic heterocycles. The Labute approximate surface area is 127 Å². The predicted octanol–water partition coefficient (Wildman–Crippen LogP) is 3.17. The number of carbonyl (C=O) groups is 1. The lowest BCUT2D eigenvalue weighted by Crippen LogP contribution is -2.18. The number of anilines is 1. The van der Waals surface area contributed by atoms with Gasteiger partial charge in [0.25, 0.3) is 0 Å². The normalized spacial score (nSPS) is 12.2. The van der Waals surface area contributed by atoms with Crippen molar-refractivity contribution in [1.82, 2.24) is 9.88 Å². The molecular formula is C15H18BrN3O. The van der Waals surface area contributed by atoms with Gasteiger partial charge in [0, 0.05) is 28.6 Å². The Bertz CT molecular complexity index is 577. The number of nitrogens with zero attached hydrogens (tertiary/aromatic N) is 1. The maximum atomic E-state index is 12.0. The van der Waals surface area contributed by atoms with E-state index in [0.717, 1.165) is 10.2 Å². The highest BCUT2D eigenvalue weighted by molar-refractivity contribution is 9.10. The molecule has 0 fully saturated rings. The van der Waals surface area contributed by atoms with Crippen molar-refractivity contribution < 1.29 is 4.79 Å². The van der Waals surface area contributed by atoms with Gasteiger partial charge in [-0.15, -0.1) is 0 Å². The van der Waals surface area contributed by atoms with E-state index in [9.17, 15) is 4.79 Å². The second-order valence-electron chi connectivity index (χ2n) is 4.68. The lowest BCUT2D eigenvalue weighted by atomic mass is 10.2. The van der Waals surface area contributed by atoms with E-state index in [1.807, 2.05) is 54.3 Å². The van der Waals surface area contributed by atoms with Gasteiger partial charge in [0.1, 0.15) is 6.54 Å². The molecule has 1 amide bonds. The summed E-state index contributed by atoms with van der Waals surface area (Å²) in [6, 6.07) is 9.84. The molecule has 5 heteroatoms. The summed E-state index contributed by atoms with van der Waals surface area (Å²) in [7, 11) is 1.92. The smallest absolute Gasteiger partial charge is 0.244 e. The third kappa shape index (κ3) is 3.95. The zero-order valence-corrected chi connectivity index (χ0v) is 13.1. The maximum absolute atomic E-state index is 12.0. The van der Waals surface area contributed by atoms with E-state index in [0.29, 0.717) is 6.54 Å². The number of aromatic nitrogens is 1. The summed E-state index contributed by atoms with van der Waals surface area (Å²) in [5, 5.41) is 6.05. The van der Waals surface area contributed by atoms with Crippen molar-refractivity contribution in [1.29, 1.82) is 0 Å². The molecule has 0 aliphatic carbocycles. The van der Waals surface area contributed by atoms with E-state index < -0.39 is 0 Å². The van der Waals surface area contributed by atoms with E-state index in [2.05, 4.69) is 33.5 Å². The Morgan fingerprint density at radius 3 is 2.65 bits per heavy atom. The highest BCUT2D eigenvalue weighted by Gasteiger charge is 2.07. The van der Waals surface area contributed by atoms with Crippen LogP contribution in [0.4, 0.5) is 5.69 Å². The van der Waals surface area contributed by atoms with Crippen LogP contribution in [0, 0.1) is 0 Å². The number of halogens is 1. The largest absolute Gasteiger partial charge is 0.345 e. The molecule has 2 aromatic rings. The van der Waals surface area contributed by atoms with Crippen molar-refractivity contribution in [3.63, 3.8) is 0 Å². The minimum absolute atomic E-state index is 0.0356. The standard InChI is InChI=1S/C15H18BrN3O/c1-11(17-2)12-7-8-19(9-12)10-15(20)18-14-5-3-13(16)4-6-14/h3-9,11,17H,10H2,1-2H3,(H,18,20). The summed E-state index contributed by atoms with van der Waals surface area (Å²) in [5.41, 5.74) is 1.97. The summed E-state index contributed by atoms with van der Waals surface area (Å²) in [6.07, 6.45) is 3.91. The highest BCUT2D eigenvalue weighted by atomic mass is 79.9. The van der Waals surface area contributed by atoms with Gasteiger partial charge in [-0.25, -0.2) is 0 Å². The molecule has 2 N–H and O–H groups in total. The monoisotopic (exact) mass is 335 g/mol. The van der Waals surface area contributed by atoms with E-state index in [-0.39, 0.29) is 11.9 Å². The van der Waals surface area contributed by atoms with Gasteiger partial charge in [-0.05, 0) is 49.9 Å². The van der Waals surface area contributed by atoms with Crippen LogP contribution in [-0.2, 0) is 11.3 Å². The third-order valence-corrected chi connectivity index (χ3v) is 3.69. The lowest BCUT2D eigenvalue weighted by Gasteiger charge is -2.08. The van der Waals surface area contributed by atoms with Crippen LogP contribution in [0.1, 0.15) is 18.5 Å². The third-order valence-electron chi connectivity index (χ3n) is 3.16. The van der Waals surface area contributed by atoms with Crippen molar-refractivity contribution in [2.45, 2.75) is 19.5 Å². The van der Waals surface area contributed by atoms with Crippen LogP contribution in [0.25, 0.3) is 0 Å². The number of hydrogen-bond acceptors (Lipinski definition) is 2. The Morgan fingerprint density at radius 1 is 1.30 bits per heavy atom. The van der Waals surface area contributed by atoms with Crippen LogP contribution >= 0.6 is 15.9 Å². The molecule has 1 heterocycles. The first kappa shape index (κ1) is 14.8. The molecule has 0 spiro atoms. The Kier molecular flexibility index (Phi) is 4.98. The fourth-order valence-electron chi connectivity index (χ4n) is 1.88.